The van der Waals surface area contributed by atoms with Gasteiger partial charge in [0.1, 0.15) is 0 Å². The molecule has 1 aromatic heterocycles. The van der Waals surface area contributed by atoms with Crippen LogP contribution in [0, 0.1) is 3.57 Å². The minimum Gasteiger partial charge on any atom is -0.271 e. The van der Waals surface area contributed by atoms with E-state index in [2.05, 4.69) is 33.1 Å². The molecule has 0 spiro atoms. The SMILES string of the molecule is Cn1ncc(Cl)c1C(NN)c1cc(Cl)ccc1I. The lowest BCUT2D eigenvalue weighted by atomic mass is 10.0. The predicted octanol–water partition coefficient (Wildman–Crippen LogP) is 2.88. The first-order valence-corrected chi connectivity index (χ1v) is 6.96. The van der Waals surface area contributed by atoms with Crippen molar-refractivity contribution in [1.82, 2.24) is 15.2 Å². The van der Waals surface area contributed by atoms with Crippen LogP contribution >= 0.6 is 45.8 Å². The number of halogens is 3. The number of hydrogen-bond acceptors (Lipinski definition) is 3. The van der Waals surface area contributed by atoms with E-state index in [0.717, 1.165) is 14.8 Å². The second-order valence-corrected chi connectivity index (χ2v) is 5.77. The van der Waals surface area contributed by atoms with E-state index >= 15 is 0 Å². The maximum atomic E-state index is 6.15. The van der Waals surface area contributed by atoms with Gasteiger partial charge in [-0.1, -0.05) is 23.2 Å². The van der Waals surface area contributed by atoms with Gasteiger partial charge in [0.25, 0.3) is 0 Å². The standard InChI is InChI=1S/C11H11Cl2IN4/c1-18-11(8(13)5-16-18)10(17-15)7-4-6(12)2-3-9(7)14/h2-5,10,17H,15H2,1H3. The first-order chi connectivity index (χ1) is 8.54. The van der Waals surface area contributed by atoms with Gasteiger partial charge in [-0.15, -0.1) is 0 Å². The number of aryl methyl sites for hydroxylation is 1. The van der Waals surface area contributed by atoms with Crippen molar-refractivity contribution in [3.8, 4) is 0 Å². The molecule has 2 rings (SSSR count). The monoisotopic (exact) mass is 396 g/mol. The van der Waals surface area contributed by atoms with Crippen LogP contribution in [0.15, 0.2) is 24.4 Å². The molecule has 0 aliphatic carbocycles. The summed E-state index contributed by atoms with van der Waals surface area (Å²) in [6.07, 6.45) is 1.60. The average Bonchev–Trinajstić information content (AvgIpc) is 2.66. The molecule has 0 bridgehead atoms. The summed E-state index contributed by atoms with van der Waals surface area (Å²) >= 11 is 14.4. The zero-order valence-electron chi connectivity index (χ0n) is 9.49. The number of nitrogens with one attached hydrogen (secondary N) is 1. The normalized spacial score (nSPS) is 12.7. The molecule has 4 nitrogen and oxygen atoms in total. The van der Waals surface area contributed by atoms with Crippen molar-refractivity contribution in [2.75, 3.05) is 0 Å². The van der Waals surface area contributed by atoms with Gasteiger partial charge < -0.3 is 0 Å². The van der Waals surface area contributed by atoms with Crippen molar-refractivity contribution >= 4 is 45.8 Å². The van der Waals surface area contributed by atoms with Crippen LogP contribution in [0.3, 0.4) is 0 Å². The fourth-order valence-corrected chi connectivity index (χ4v) is 2.90. The highest BCUT2D eigenvalue weighted by Gasteiger charge is 2.22. The van der Waals surface area contributed by atoms with Crippen molar-refractivity contribution in [2.24, 2.45) is 12.9 Å². The Bertz CT molecular complexity index is 551. The molecule has 0 amide bonds. The van der Waals surface area contributed by atoms with Gasteiger partial charge in [0.15, 0.2) is 0 Å². The summed E-state index contributed by atoms with van der Waals surface area (Å²) in [5, 5.41) is 5.34. The molecule has 18 heavy (non-hydrogen) atoms. The Morgan fingerprint density at radius 1 is 1.44 bits per heavy atom. The molecule has 7 heteroatoms. The zero-order valence-corrected chi connectivity index (χ0v) is 13.2. The zero-order chi connectivity index (χ0) is 13.3. The Hall–Kier alpha value is -0.340. The van der Waals surface area contributed by atoms with Crippen LogP contribution < -0.4 is 11.3 Å². The van der Waals surface area contributed by atoms with Crippen molar-refractivity contribution < 1.29 is 0 Å². The summed E-state index contributed by atoms with van der Waals surface area (Å²) in [5.74, 6) is 5.66. The largest absolute Gasteiger partial charge is 0.271 e. The lowest BCUT2D eigenvalue weighted by molar-refractivity contribution is 0.573. The molecule has 1 atom stereocenters. The van der Waals surface area contributed by atoms with Gasteiger partial charge in [-0.2, -0.15) is 5.10 Å². The molecule has 2 aromatic rings. The van der Waals surface area contributed by atoms with E-state index in [-0.39, 0.29) is 6.04 Å². The van der Waals surface area contributed by atoms with Crippen molar-refractivity contribution in [1.29, 1.82) is 0 Å². The highest BCUT2D eigenvalue weighted by molar-refractivity contribution is 14.1. The summed E-state index contributed by atoms with van der Waals surface area (Å²) in [7, 11) is 1.82. The summed E-state index contributed by atoms with van der Waals surface area (Å²) < 4.78 is 2.75. The van der Waals surface area contributed by atoms with Gasteiger partial charge in [-0.25, -0.2) is 5.43 Å². The van der Waals surface area contributed by atoms with Crippen molar-refractivity contribution in [3.05, 3.63) is 49.3 Å². The van der Waals surface area contributed by atoms with Gasteiger partial charge in [-0.3, -0.25) is 10.5 Å². The molecule has 96 valence electrons. The first-order valence-electron chi connectivity index (χ1n) is 5.13. The highest BCUT2D eigenvalue weighted by atomic mass is 127. The summed E-state index contributed by atoms with van der Waals surface area (Å²) in [4.78, 5) is 0. The third-order valence-electron chi connectivity index (χ3n) is 2.65. The molecule has 1 aromatic carbocycles. The first kappa shape index (κ1) is 14.1. The van der Waals surface area contributed by atoms with E-state index in [0.29, 0.717) is 10.0 Å². The van der Waals surface area contributed by atoms with Crippen molar-refractivity contribution in [3.63, 3.8) is 0 Å². The van der Waals surface area contributed by atoms with Gasteiger partial charge in [-0.05, 0) is 46.4 Å². The molecular weight excluding hydrogens is 386 g/mol. The van der Waals surface area contributed by atoms with Crippen LogP contribution in [0.25, 0.3) is 0 Å². The summed E-state index contributed by atoms with van der Waals surface area (Å²) in [6, 6.07) is 5.39. The predicted molar refractivity (Wildman–Crippen MR) is 81.6 cm³/mol. The average molecular weight is 397 g/mol. The molecule has 3 N–H and O–H groups in total. The third kappa shape index (κ3) is 2.65. The number of rotatable bonds is 3. The number of hydrogen-bond donors (Lipinski definition) is 2. The molecule has 1 unspecified atom stereocenters. The topological polar surface area (TPSA) is 55.9 Å². The number of nitrogens with two attached hydrogens (primary N) is 1. The minimum absolute atomic E-state index is 0.254. The second-order valence-electron chi connectivity index (χ2n) is 3.77. The van der Waals surface area contributed by atoms with Crippen LogP contribution in [0.5, 0.6) is 0 Å². The van der Waals surface area contributed by atoms with Gasteiger partial charge >= 0.3 is 0 Å². The quantitative estimate of drug-likeness (QED) is 0.476. The van der Waals surface area contributed by atoms with E-state index in [4.69, 9.17) is 29.0 Å². The number of nitrogens with zero attached hydrogens (tertiary/aromatic N) is 2. The van der Waals surface area contributed by atoms with E-state index in [1.54, 1.807) is 10.9 Å². The minimum atomic E-state index is -0.254. The molecular formula is C11H11Cl2IN4. The Morgan fingerprint density at radius 3 is 2.72 bits per heavy atom. The van der Waals surface area contributed by atoms with E-state index in [1.165, 1.54) is 0 Å². The Labute approximate surface area is 129 Å². The second kappa shape index (κ2) is 5.75. The molecule has 0 aliphatic rings. The Balaban J connectivity index is 2.55. The van der Waals surface area contributed by atoms with Crippen LogP contribution in [-0.2, 0) is 7.05 Å². The van der Waals surface area contributed by atoms with E-state index < -0.39 is 0 Å². The van der Waals surface area contributed by atoms with Gasteiger partial charge in [0.2, 0.25) is 0 Å². The molecule has 0 radical (unpaired) electrons. The molecule has 0 saturated heterocycles. The Morgan fingerprint density at radius 2 is 2.17 bits per heavy atom. The maximum Gasteiger partial charge on any atom is 0.0904 e. The summed E-state index contributed by atoms with van der Waals surface area (Å²) in [6.45, 7) is 0. The molecule has 1 heterocycles. The van der Waals surface area contributed by atoms with Gasteiger partial charge in [0, 0.05) is 15.6 Å². The fraction of sp³-hybridized carbons (Fsp3) is 0.182. The van der Waals surface area contributed by atoms with Crippen LogP contribution in [0.2, 0.25) is 10.0 Å². The highest BCUT2D eigenvalue weighted by Crippen LogP contribution is 2.31. The van der Waals surface area contributed by atoms with Crippen LogP contribution in [0.1, 0.15) is 17.3 Å². The summed E-state index contributed by atoms with van der Waals surface area (Å²) in [5.41, 5.74) is 4.54. The maximum absolute atomic E-state index is 6.15. The Kier molecular flexibility index (Phi) is 4.50. The smallest absolute Gasteiger partial charge is 0.0904 e. The van der Waals surface area contributed by atoms with Crippen LogP contribution in [0.4, 0.5) is 0 Å². The van der Waals surface area contributed by atoms with E-state index in [1.807, 2.05) is 25.2 Å². The number of hydrazine groups is 1. The third-order valence-corrected chi connectivity index (χ3v) is 4.16. The molecule has 0 fully saturated rings. The van der Waals surface area contributed by atoms with E-state index in [9.17, 15) is 0 Å². The lowest BCUT2D eigenvalue weighted by Crippen LogP contribution is -2.31. The number of benzene rings is 1. The van der Waals surface area contributed by atoms with Crippen LogP contribution in [-0.4, -0.2) is 9.78 Å². The molecule has 0 saturated carbocycles. The van der Waals surface area contributed by atoms with Crippen molar-refractivity contribution in [2.45, 2.75) is 6.04 Å². The van der Waals surface area contributed by atoms with Gasteiger partial charge in [0.05, 0.1) is 23.0 Å². The fourth-order valence-electron chi connectivity index (χ4n) is 1.80. The number of aromatic nitrogens is 2. The lowest BCUT2D eigenvalue weighted by Gasteiger charge is -2.19. The molecule has 0 aliphatic heterocycles.